The van der Waals surface area contributed by atoms with Crippen LogP contribution in [0.5, 0.6) is 0 Å². The van der Waals surface area contributed by atoms with Gasteiger partial charge >= 0.3 is 7.12 Å². The number of hydrogen-bond acceptors (Lipinski definition) is 4. The molecule has 0 radical (unpaired) electrons. The van der Waals surface area contributed by atoms with Crippen molar-refractivity contribution in [3.05, 3.63) is 18.5 Å². The van der Waals surface area contributed by atoms with Gasteiger partial charge in [-0.3, -0.25) is 0 Å². The molecule has 0 N–H and O–H groups in total. The van der Waals surface area contributed by atoms with E-state index in [9.17, 15) is 0 Å². The molecule has 0 amide bonds. The Morgan fingerprint density at radius 1 is 1.29 bits per heavy atom. The first kappa shape index (κ1) is 9.61. The average molecular weight is 192 g/mol. The lowest BCUT2D eigenvalue weighted by Gasteiger charge is -2.32. The summed E-state index contributed by atoms with van der Waals surface area (Å²) in [5, 5.41) is 7.49. The second kappa shape index (κ2) is 3.67. The minimum absolute atomic E-state index is 0.108. The van der Waals surface area contributed by atoms with Crippen LogP contribution in [0.15, 0.2) is 18.5 Å². The van der Waals surface area contributed by atoms with Crippen LogP contribution in [0.4, 0.5) is 0 Å². The Balaban J connectivity index is 2.03. The van der Waals surface area contributed by atoms with Gasteiger partial charge < -0.3 is 9.31 Å². The van der Waals surface area contributed by atoms with Gasteiger partial charge in [0.25, 0.3) is 0 Å². The third-order valence-electron chi connectivity index (χ3n) is 2.13. The molecule has 1 aromatic heterocycles. The van der Waals surface area contributed by atoms with Gasteiger partial charge in [0.15, 0.2) is 0 Å². The summed E-state index contributed by atoms with van der Waals surface area (Å²) in [6.45, 7) is 5.65. The molecule has 0 atom stereocenters. The highest BCUT2D eigenvalue weighted by atomic mass is 16.6. The highest BCUT2D eigenvalue weighted by Gasteiger charge is 2.33. The van der Waals surface area contributed by atoms with Crippen LogP contribution in [0.25, 0.3) is 0 Å². The normalized spacial score (nSPS) is 20.9. The van der Waals surface area contributed by atoms with E-state index in [1.54, 1.807) is 12.4 Å². The van der Waals surface area contributed by atoms with Gasteiger partial charge in [0.1, 0.15) is 0 Å². The Kier molecular flexibility index (Phi) is 2.52. The largest absolute Gasteiger partial charge is 0.495 e. The number of hydrogen-bond donors (Lipinski definition) is 0. The summed E-state index contributed by atoms with van der Waals surface area (Å²) in [6.07, 6.45) is 3.31. The maximum Gasteiger partial charge on any atom is 0.495 e. The monoisotopic (exact) mass is 192 g/mol. The molecule has 2 rings (SSSR count). The second-order valence-electron chi connectivity index (χ2n) is 4.29. The fourth-order valence-electron chi connectivity index (χ4n) is 1.33. The number of rotatable bonds is 1. The van der Waals surface area contributed by atoms with E-state index in [2.05, 4.69) is 24.0 Å². The molecule has 2 heterocycles. The highest BCUT2D eigenvalue weighted by molar-refractivity contribution is 6.61. The molecule has 74 valence electrons. The maximum atomic E-state index is 5.59. The Morgan fingerprint density at radius 2 is 2.00 bits per heavy atom. The van der Waals surface area contributed by atoms with Crippen molar-refractivity contribution in [1.82, 2.24) is 10.2 Å². The summed E-state index contributed by atoms with van der Waals surface area (Å²) in [5.41, 5.74) is 1.03. The van der Waals surface area contributed by atoms with E-state index >= 15 is 0 Å². The first-order chi connectivity index (χ1) is 6.67. The summed E-state index contributed by atoms with van der Waals surface area (Å²) >= 11 is 0. The molecule has 1 aliphatic heterocycles. The van der Waals surface area contributed by atoms with E-state index in [1.165, 1.54) is 0 Å². The van der Waals surface area contributed by atoms with Crippen molar-refractivity contribution < 1.29 is 9.31 Å². The molecular weight excluding hydrogens is 179 g/mol. The smallest absolute Gasteiger partial charge is 0.407 e. The molecule has 14 heavy (non-hydrogen) atoms. The van der Waals surface area contributed by atoms with Crippen LogP contribution in [0.2, 0.25) is 0 Å². The Morgan fingerprint density at radius 3 is 2.57 bits per heavy atom. The molecule has 1 aromatic rings. The van der Waals surface area contributed by atoms with Crippen LogP contribution >= 0.6 is 0 Å². The summed E-state index contributed by atoms with van der Waals surface area (Å²) in [5.74, 6) is 0. The zero-order chi connectivity index (χ0) is 10.0. The molecule has 0 spiro atoms. The number of aromatic nitrogens is 2. The van der Waals surface area contributed by atoms with Gasteiger partial charge in [-0.05, 0) is 6.07 Å². The fourth-order valence-corrected chi connectivity index (χ4v) is 1.33. The van der Waals surface area contributed by atoms with Crippen molar-refractivity contribution in [2.75, 3.05) is 13.2 Å². The van der Waals surface area contributed by atoms with Gasteiger partial charge in [-0.25, -0.2) is 0 Å². The Bertz CT molecular complexity index is 295. The molecule has 0 aliphatic carbocycles. The zero-order valence-corrected chi connectivity index (χ0v) is 8.43. The number of nitrogens with zero attached hydrogens (tertiary/aromatic N) is 2. The Hall–Kier alpha value is -0.935. The van der Waals surface area contributed by atoms with Crippen molar-refractivity contribution >= 4 is 12.6 Å². The first-order valence-electron chi connectivity index (χ1n) is 4.67. The van der Waals surface area contributed by atoms with Gasteiger partial charge in [-0.1, -0.05) is 13.8 Å². The van der Waals surface area contributed by atoms with Crippen LogP contribution in [0, 0.1) is 5.41 Å². The van der Waals surface area contributed by atoms with E-state index in [0.717, 1.165) is 5.46 Å². The molecule has 0 saturated carbocycles. The van der Waals surface area contributed by atoms with Gasteiger partial charge in [-0.2, -0.15) is 10.2 Å². The molecule has 0 bridgehead atoms. The standard InChI is InChI=1S/C9H13BN2O2/c1-9(2)6-13-10(14-7-9)8-3-4-11-12-5-8/h3-5H,6-7H2,1-2H3. The van der Waals surface area contributed by atoms with Gasteiger partial charge in [0, 0.05) is 36.5 Å². The summed E-state index contributed by atoms with van der Waals surface area (Å²) in [7, 11) is -0.279. The lowest BCUT2D eigenvalue weighted by molar-refractivity contribution is 0.0343. The minimum Gasteiger partial charge on any atom is -0.407 e. The first-order valence-corrected chi connectivity index (χ1v) is 4.67. The third kappa shape index (κ3) is 2.11. The molecule has 5 heteroatoms. The van der Waals surface area contributed by atoms with Crippen LogP contribution in [-0.2, 0) is 9.31 Å². The van der Waals surface area contributed by atoms with Crippen LogP contribution in [-0.4, -0.2) is 30.5 Å². The second-order valence-corrected chi connectivity index (χ2v) is 4.29. The predicted octanol–water partition coefficient (Wildman–Crippen LogP) is 0.245. The fraction of sp³-hybridized carbons (Fsp3) is 0.556. The Labute approximate surface area is 83.8 Å². The molecule has 0 aromatic carbocycles. The minimum atomic E-state index is -0.279. The van der Waals surface area contributed by atoms with Crippen molar-refractivity contribution in [2.45, 2.75) is 13.8 Å². The summed E-state index contributed by atoms with van der Waals surface area (Å²) in [6, 6.07) is 1.86. The van der Waals surface area contributed by atoms with Crippen molar-refractivity contribution in [1.29, 1.82) is 0 Å². The average Bonchev–Trinajstić information content (AvgIpc) is 2.19. The van der Waals surface area contributed by atoms with E-state index in [-0.39, 0.29) is 12.5 Å². The van der Waals surface area contributed by atoms with Gasteiger partial charge in [-0.15, -0.1) is 0 Å². The molecule has 1 fully saturated rings. The topological polar surface area (TPSA) is 44.2 Å². The van der Waals surface area contributed by atoms with E-state index in [1.807, 2.05) is 6.07 Å². The summed E-state index contributed by atoms with van der Waals surface area (Å²) in [4.78, 5) is 0. The van der Waals surface area contributed by atoms with Gasteiger partial charge in [0.2, 0.25) is 0 Å². The quantitative estimate of drug-likeness (QED) is 0.598. The van der Waals surface area contributed by atoms with E-state index in [4.69, 9.17) is 9.31 Å². The van der Waals surface area contributed by atoms with Crippen molar-refractivity contribution in [3.8, 4) is 0 Å². The van der Waals surface area contributed by atoms with Crippen molar-refractivity contribution in [2.24, 2.45) is 5.41 Å². The van der Waals surface area contributed by atoms with Crippen LogP contribution < -0.4 is 5.46 Å². The molecule has 4 nitrogen and oxygen atoms in total. The maximum absolute atomic E-state index is 5.59. The highest BCUT2D eigenvalue weighted by Crippen LogP contribution is 2.20. The van der Waals surface area contributed by atoms with Crippen LogP contribution in [0.1, 0.15) is 13.8 Å². The van der Waals surface area contributed by atoms with Crippen LogP contribution in [0.3, 0.4) is 0 Å². The van der Waals surface area contributed by atoms with Gasteiger partial charge in [0.05, 0.1) is 0 Å². The summed E-state index contributed by atoms with van der Waals surface area (Å²) < 4.78 is 11.2. The van der Waals surface area contributed by atoms with E-state index in [0.29, 0.717) is 13.2 Å². The molecule has 0 unspecified atom stereocenters. The molecular formula is C9H13BN2O2. The molecule has 1 saturated heterocycles. The SMILES string of the molecule is CC1(C)COB(c2ccnnc2)OC1. The lowest BCUT2D eigenvalue weighted by Crippen LogP contribution is -2.47. The zero-order valence-electron chi connectivity index (χ0n) is 8.43. The van der Waals surface area contributed by atoms with Crippen molar-refractivity contribution in [3.63, 3.8) is 0 Å². The lowest BCUT2D eigenvalue weighted by atomic mass is 9.77. The van der Waals surface area contributed by atoms with E-state index < -0.39 is 0 Å². The third-order valence-corrected chi connectivity index (χ3v) is 2.13. The molecule has 1 aliphatic rings. The predicted molar refractivity (Wildman–Crippen MR) is 53.1 cm³/mol.